The summed E-state index contributed by atoms with van der Waals surface area (Å²) in [6.45, 7) is 0. The highest BCUT2D eigenvalue weighted by Crippen LogP contribution is 2.40. The highest BCUT2D eigenvalue weighted by atomic mass is 16.5. The molecule has 0 atom stereocenters. The molecule has 0 saturated heterocycles. The first-order chi connectivity index (χ1) is 17.8. The van der Waals surface area contributed by atoms with Crippen LogP contribution in [-0.4, -0.2) is 46.6 Å². The summed E-state index contributed by atoms with van der Waals surface area (Å²) in [6.07, 6.45) is 6.47. The van der Waals surface area contributed by atoms with E-state index in [1.165, 1.54) is 41.6 Å². The standard InChI is InChI=1S/C28H30N2O7/c1-33-21-11-7-17(14-20(21)29)8-13-25(31)30-26-19(10-12-22(34-2)27(26)32)9-6-18-15-23(35-3)28(37-5)24(16-18)36-4/h6-16,32H,29H2,1-5H3,(H,30,31)/b9-6?,13-8+. The fourth-order valence-corrected chi connectivity index (χ4v) is 3.60. The van der Waals surface area contributed by atoms with Crippen molar-refractivity contribution < 1.29 is 33.6 Å². The average Bonchev–Trinajstić information content (AvgIpc) is 2.91. The average molecular weight is 507 g/mol. The number of aromatic hydroxyl groups is 1. The lowest BCUT2D eigenvalue weighted by atomic mass is 10.1. The SMILES string of the molecule is COc1ccc(/C=C/C(=O)Nc2c(C=Cc3cc(OC)c(OC)c(OC)c3)ccc(OC)c2O)cc1N. The Balaban J connectivity index is 1.91. The minimum absolute atomic E-state index is 0.187. The molecule has 0 unspecified atom stereocenters. The van der Waals surface area contributed by atoms with Crippen LogP contribution in [-0.2, 0) is 4.79 Å². The number of benzene rings is 3. The van der Waals surface area contributed by atoms with Gasteiger partial charge in [-0.25, -0.2) is 0 Å². The molecule has 0 spiro atoms. The van der Waals surface area contributed by atoms with Crippen LogP contribution in [0.4, 0.5) is 11.4 Å². The predicted octanol–water partition coefficient (Wildman–Crippen LogP) is 4.84. The molecule has 0 bridgehead atoms. The van der Waals surface area contributed by atoms with Crippen molar-refractivity contribution in [1.82, 2.24) is 0 Å². The van der Waals surface area contributed by atoms with Gasteiger partial charge in [0.2, 0.25) is 11.7 Å². The number of phenols is 1. The van der Waals surface area contributed by atoms with Gasteiger partial charge in [0.05, 0.1) is 46.9 Å². The van der Waals surface area contributed by atoms with E-state index in [1.54, 1.807) is 60.7 Å². The normalized spacial score (nSPS) is 10.9. The molecule has 0 saturated carbocycles. The molecule has 9 heteroatoms. The van der Waals surface area contributed by atoms with Gasteiger partial charge in [-0.15, -0.1) is 0 Å². The van der Waals surface area contributed by atoms with Crippen LogP contribution in [0.5, 0.6) is 34.5 Å². The molecule has 1 amide bonds. The molecule has 9 nitrogen and oxygen atoms in total. The van der Waals surface area contributed by atoms with Gasteiger partial charge >= 0.3 is 0 Å². The maximum absolute atomic E-state index is 12.7. The van der Waals surface area contributed by atoms with Crippen LogP contribution < -0.4 is 34.7 Å². The van der Waals surface area contributed by atoms with E-state index in [0.717, 1.165) is 5.56 Å². The van der Waals surface area contributed by atoms with Gasteiger partial charge in [-0.3, -0.25) is 4.79 Å². The van der Waals surface area contributed by atoms with Gasteiger partial charge in [-0.05, 0) is 53.6 Å². The molecule has 0 radical (unpaired) electrons. The van der Waals surface area contributed by atoms with E-state index in [-0.39, 0.29) is 17.2 Å². The number of phenolic OH excluding ortho intramolecular Hbond substituents is 1. The monoisotopic (exact) mass is 506 g/mol. The van der Waals surface area contributed by atoms with Gasteiger partial charge in [0.25, 0.3) is 0 Å². The smallest absolute Gasteiger partial charge is 0.248 e. The van der Waals surface area contributed by atoms with Crippen molar-refractivity contribution in [1.29, 1.82) is 0 Å². The summed E-state index contributed by atoms with van der Waals surface area (Å²) in [5.41, 5.74) is 8.58. The number of carbonyl (C=O) groups is 1. The number of hydrogen-bond acceptors (Lipinski definition) is 8. The first-order valence-electron chi connectivity index (χ1n) is 11.2. The first-order valence-corrected chi connectivity index (χ1v) is 11.2. The molecule has 0 heterocycles. The second-order valence-electron chi connectivity index (χ2n) is 7.70. The lowest BCUT2D eigenvalue weighted by Gasteiger charge is -2.14. The zero-order chi connectivity index (χ0) is 26.9. The van der Waals surface area contributed by atoms with Crippen LogP contribution >= 0.6 is 0 Å². The van der Waals surface area contributed by atoms with Crippen molar-refractivity contribution in [3.8, 4) is 34.5 Å². The number of carbonyl (C=O) groups excluding carboxylic acids is 1. The summed E-state index contributed by atoms with van der Waals surface area (Å²) in [5.74, 6) is 1.57. The third-order valence-electron chi connectivity index (χ3n) is 5.46. The summed E-state index contributed by atoms with van der Waals surface area (Å²) in [4.78, 5) is 12.7. The van der Waals surface area contributed by atoms with Crippen LogP contribution in [0.15, 0.2) is 48.5 Å². The number of nitrogens with one attached hydrogen (secondary N) is 1. The molecule has 0 aliphatic carbocycles. The van der Waals surface area contributed by atoms with Crippen LogP contribution in [0.2, 0.25) is 0 Å². The molecular weight excluding hydrogens is 476 g/mol. The number of nitrogens with two attached hydrogens (primary N) is 1. The molecule has 3 rings (SSSR count). The molecule has 194 valence electrons. The Morgan fingerprint density at radius 2 is 1.38 bits per heavy atom. The summed E-state index contributed by atoms with van der Waals surface area (Å²) in [5, 5.41) is 13.5. The minimum Gasteiger partial charge on any atom is -0.503 e. The maximum atomic E-state index is 12.7. The quantitative estimate of drug-likeness (QED) is 0.155. The molecule has 4 N–H and O–H groups in total. The number of hydrogen-bond donors (Lipinski definition) is 3. The Kier molecular flexibility index (Phi) is 8.88. The van der Waals surface area contributed by atoms with Gasteiger partial charge in [0.1, 0.15) is 5.75 Å². The Morgan fingerprint density at radius 1 is 0.757 bits per heavy atom. The molecule has 0 aromatic heterocycles. The highest BCUT2D eigenvalue weighted by molar-refractivity contribution is 6.04. The van der Waals surface area contributed by atoms with Crippen LogP contribution in [0.3, 0.4) is 0 Å². The van der Waals surface area contributed by atoms with E-state index >= 15 is 0 Å². The summed E-state index contributed by atoms with van der Waals surface area (Å²) < 4.78 is 26.5. The second-order valence-corrected chi connectivity index (χ2v) is 7.70. The van der Waals surface area contributed by atoms with Crippen molar-refractivity contribution in [2.75, 3.05) is 46.6 Å². The summed E-state index contributed by atoms with van der Waals surface area (Å²) in [7, 11) is 7.56. The Labute approximate surface area is 215 Å². The van der Waals surface area contributed by atoms with E-state index in [1.807, 2.05) is 0 Å². The fraction of sp³-hybridized carbons (Fsp3) is 0.179. The summed E-state index contributed by atoms with van der Waals surface area (Å²) in [6, 6.07) is 12.1. The van der Waals surface area contributed by atoms with Gasteiger partial charge in [0, 0.05) is 11.6 Å². The minimum atomic E-state index is -0.458. The fourth-order valence-electron chi connectivity index (χ4n) is 3.60. The molecular formula is C28H30N2O7. The number of anilines is 2. The molecule has 0 aliphatic rings. The van der Waals surface area contributed by atoms with Gasteiger partial charge < -0.3 is 39.8 Å². The highest BCUT2D eigenvalue weighted by Gasteiger charge is 2.15. The van der Waals surface area contributed by atoms with E-state index in [9.17, 15) is 9.90 Å². The number of rotatable bonds is 10. The zero-order valence-electron chi connectivity index (χ0n) is 21.3. The number of ether oxygens (including phenoxy) is 5. The molecule has 3 aromatic carbocycles. The third kappa shape index (κ3) is 6.26. The van der Waals surface area contributed by atoms with Crippen molar-refractivity contribution in [3.63, 3.8) is 0 Å². The second kappa shape index (κ2) is 12.3. The predicted molar refractivity (Wildman–Crippen MR) is 145 cm³/mol. The third-order valence-corrected chi connectivity index (χ3v) is 5.46. The Morgan fingerprint density at radius 3 is 1.95 bits per heavy atom. The van der Waals surface area contributed by atoms with Crippen molar-refractivity contribution in [3.05, 3.63) is 65.2 Å². The van der Waals surface area contributed by atoms with E-state index in [2.05, 4.69) is 5.32 Å². The molecule has 3 aromatic rings. The van der Waals surface area contributed by atoms with Crippen LogP contribution in [0, 0.1) is 0 Å². The Hall–Kier alpha value is -4.79. The lowest BCUT2D eigenvalue weighted by molar-refractivity contribution is -0.111. The molecule has 0 fully saturated rings. The lowest BCUT2D eigenvalue weighted by Crippen LogP contribution is -2.09. The first kappa shape index (κ1) is 26.8. The zero-order valence-corrected chi connectivity index (χ0v) is 21.3. The Bertz CT molecular complexity index is 1310. The summed E-state index contributed by atoms with van der Waals surface area (Å²) >= 11 is 0. The van der Waals surface area contributed by atoms with Crippen LogP contribution in [0.25, 0.3) is 18.2 Å². The number of nitrogen functional groups attached to an aromatic ring is 1. The topological polar surface area (TPSA) is 122 Å². The van der Waals surface area contributed by atoms with Gasteiger partial charge in [-0.2, -0.15) is 0 Å². The molecule has 0 aliphatic heterocycles. The largest absolute Gasteiger partial charge is 0.503 e. The maximum Gasteiger partial charge on any atom is 0.248 e. The van der Waals surface area contributed by atoms with Crippen molar-refractivity contribution in [2.24, 2.45) is 0 Å². The molecule has 37 heavy (non-hydrogen) atoms. The van der Waals surface area contributed by atoms with E-state index < -0.39 is 5.91 Å². The number of amides is 1. The number of methoxy groups -OCH3 is 5. The van der Waals surface area contributed by atoms with Crippen molar-refractivity contribution in [2.45, 2.75) is 0 Å². The van der Waals surface area contributed by atoms with Crippen LogP contribution in [0.1, 0.15) is 16.7 Å². The van der Waals surface area contributed by atoms with E-state index in [4.69, 9.17) is 29.4 Å². The van der Waals surface area contributed by atoms with E-state index in [0.29, 0.717) is 39.8 Å². The van der Waals surface area contributed by atoms with Gasteiger partial charge in [0.15, 0.2) is 23.0 Å². The van der Waals surface area contributed by atoms with Gasteiger partial charge in [-0.1, -0.05) is 18.2 Å². The van der Waals surface area contributed by atoms with Crippen molar-refractivity contribution >= 4 is 35.5 Å².